The molecule has 1 saturated heterocycles. The van der Waals surface area contributed by atoms with E-state index in [-0.39, 0.29) is 0 Å². The molecule has 5 aromatic rings. The van der Waals surface area contributed by atoms with E-state index in [0.29, 0.717) is 0 Å². The van der Waals surface area contributed by atoms with E-state index in [1.165, 1.54) is 24.8 Å². The van der Waals surface area contributed by atoms with Crippen LogP contribution >= 0.6 is 0 Å². The third kappa shape index (κ3) is 3.65. The number of anilines is 1. The Kier molecular flexibility index (Phi) is 4.87. The number of hydrogen-bond donors (Lipinski definition) is 0. The lowest BCUT2D eigenvalue weighted by molar-refractivity contribution is 0.568. The van der Waals surface area contributed by atoms with Crippen LogP contribution in [0.1, 0.15) is 24.8 Å². The first-order chi connectivity index (χ1) is 16.3. The van der Waals surface area contributed by atoms with Crippen LogP contribution in [0.5, 0.6) is 0 Å². The van der Waals surface area contributed by atoms with Crippen molar-refractivity contribution >= 4 is 11.5 Å². The van der Waals surface area contributed by atoms with Crippen LogP contribution in [0.2, 0.25) is 0 Å². The molecule has 0 bridgehead atoms. The molecule has 7 nitrogen and oxygen atoms in total. The van der Waals surface area contributed by atoms with Gasteiger partial charge in [-0.15, -0.1) is 0 Å². The normalized spacial score (nSPS) is 14.2. The molecule has 33 heavy (non-hydrogen) atoms. The summed E-state index contributed by atoms with van der Waals surface area (Å²) in [7, 11) is 0. The SMILES string of the molecule is Cc1ccccc1-c1ccn(-c2cc(N3CCCCC3)n3nc(-c4ccncc4)cc3n2)n1. The van der Waals surface area contributed by atoms with E-state index >= 15 is 0 Å². The highest BCUT2D eigenvalue weighted by Gasteiger charge is 2.19. The van der Waals surface area contributed by atoms with E-state index < -0.39 is 0 Å². The summed E-state index contributed by atoms with van der Waals surface area (Å²) in [4.78, 5) is 11.5. The standard InChI is InChI=1S/C26H25N7/c1-19-7-3-4-8-21(19)22-11-16-32(29-22)24-18-26(31-14-5-2-6-15-31)33-25(28-24)17-23(30-33)20-9-12-27-13-10-20/h3-4,7-13,16-18H,2,5-6,14-15H2,1H3. The predicted molar refractivity (Wildman–Crippen MR) is 130 cm³/mol. The molecule has 0 spiro atoms. The lowest BCUT2D eigenvalue weighted by Gasteiger charge is -2.29. The highest BCUT2D eigenvalue weighted by Crippen LogP contribution is 2.27. The summed E-state index contributed by atoms with van der Waals surface area (Å²) in [6.07, 6.45) is 9.23. The third-order valence-corrected chi connectivity index (χ3v) is 6.30. The number of aromatic nitrogens is 6. The van der Waals surface area contributed by atoms with Gasteiger partial charge in [0.1, 0.15) is 5.82 Å². The Morgan fingerprint density at radius 1 is 0.818 bits per heavy atom. The number of aryl methyl sites for hydroxylation is 1. The summed E-state index contributed by atoms with van der Waals surface area (Å²) in [5, 5.41) is 9.78. The molecule has 1 aromatic carbocycles. The average Bonchev–Trinajstić information content (AvgIpc) is 3.52. The number of fused-ring (bicyclic) bond motifs is 1. The Hall–Kier alpha value is -4.00. The van der Waals surface area contributed by atoms with E-state index in [9.17, 15) is 0 Å². The van der Waals surface area contributed by atoms with Crippen molar-refractivity contribution in [3.8, 4) is 28.3 Å². The summed E-state index contributed by atoms with van der Waals surface area (Å²) < 4.78 is 3.84. The number of pyridine rings is 1. The van der Waals surface area contributed by atoms with Crippen molar-refractivity contribution in [3.05, 3.63) is 78.8 Å². The van der Waals surface area contributed by atoms with Crippen molar-refractivity contribution in [2.45, 2.75) is 26.2 Å². The van der Waals surface area contributed by atoms with E-state index in [4.69, 9.17) is 15.2 Å². The molecule has 0 N–H and O–H groups in total. The average molecular weight is 436 g/mol. The van der Waals surface area contributed by atoms with Crippen molar-refractivity contribution in [3.63, 3.8) is 0 Å². The van der Waals surface area contributed by atoms with Gasteiger partial charge in [0.15, 0.2) is 11.5 Å². The number of hydrogen-bond acceptors (Lipinski definition) is 5. The zero-order chi connectivity index (χ0) is 22.2. The summed E-state index contributed by atoms with van der Waals surface area (Å²) in [5.74, 6) is 1.85. The van der Waals surface area contributed by atoms with E-state index in [1.54, 1.807) is 12.4 Å². The molecule has 4 aromatic heterocycles. The molecule has 5 heterocycles. The first-order valence-corrected chi connectivity index (χ1v) is 11.4. The van der Waals surface area contributed by atoms with Gasteiger partial charge >= 0.3 is 0 Å². The molecule has 6 rings (SSSR count). The highest BCUT2D eigenvalue weighted by atomic mass is 15.4. The van der Waals surface area contributed by atoms with Crippen LogP contribution < -0.4 is 4.90 Å². The van der Waals surface area contributed by atoms with Crippen LogP contribution in [0.15, 0.2) is 73.2 Å². The first kappa shape index (κ1) is 19.7. The minimum absolute atomic E-state index is 0.795. The van der Waals surface area contributed by atoms with Crippen molar-refractivity contribution < 1.29 is 0 Å². The van der Waals surface area contributed by atoms with Crippen LogP contribution in [0.25, 0.3) is 34.0 Å². The second-order valence-corrected chi connectivity index (χ2v) is 8.52. The second kappa shape index (κ2) is 8.16. The number of nitrogens with zero attached hydrogens (tertiary/aromatic N) is 7. The van der Waals surface area contributed by atoms with Crippen molar-refractivity contribution in [1.82, 2.24) is 29.4 Å². The Morgan fingerprint density at radius 3 is 2.45 bits per heavy atom. The molecule has 0 unspecified atom stereocenters. The molecule has 164 valence electrons. The fourth-order valence-electron chi connectivity index (χ4n) is 4.53. The minimum Gasteiger partial charge on any atom is -0.356 e. The number of rotatable bonds is 4. The van der Waals surface area contributed by atoms with E-state index in [0.717, 1.165) is 52.9 Å². The maximum atomic E-state index is 4.94. The Labute approximate surface area is 192 Å². The van der Waals surface area contributed by atoms with Gasteiger partial charge in [-0.25, -0.2) is 9.67 Å². The van der Waals surface area contributed by atoms with Gasteiger partial charge in [0.2, 0.25) is 0 Å². The fourth-order valence-corrected chi connectivity index (χ4v) is 4.53. The van der Waals surface area contributed by atoms with Gasteiger partial charge in [-0.1, -0.05) is 24.3 Å². The molecule has 0 aliphatic carbocycles. The number of piperidine rings is 1. The van der Waals surface area contributed by atoms with E-state index in [2.05, 4.69) is 41.1 Å². The van der Waals surface area contributed by atoms with Crippen molar-refractivity contribution in [2.24, 2.45) is 0 Å². The molecule has 0 saturated carbocycles. The largest absolute Gasteiger partial charge is 0.356 e. The monoisotopic (exact) mass is 435 g/mol. The van der Waals surface area contributed by atoms with Gasteiger partial charge < -0.3 is 4.90 Å². The lowest BCUT2D eigenvalue weighted by Crippen LogP contribution is -2.31. The van der Waals surface area contributed by atoms with Crippen molar-refractivity contribution in [1.29, 1.82) is 0 Å². The lowest BCUT2D eigenvalue weighted by atomic mass is 10.1. The quantitative estimate of drug-likeness (QED) is 0.400. The molecule has 1 aliphatic rings. The topological polar surface area (TPSA) is 64.1 Å². The van der Waals surface area contributed by atoms with Gasteiger partial charge in [-0.3, -0.25) is 4.98 Å². The summed E-state index contributed by atoms with van der Waals surface area (Å²) in [6.45, 7) is 4.16. The summed E-state index contributed by atoms with van der Waals surface area (Å²) in [6, 6.07) is 18.5. The molecule has 1 aliphatic heterocycles. The van der Waals surface area contributed by atoms with Gasteiger partial charge in [-0.2, -0.15) is 14.7 Å². The van der Waals surface area contributed by atoms with Crippen LogP contribution in [-0.2, 0) is 0 Å². The van der Waals surface area contributed by atoms with Crippen molar-refractivity contribution in [2.75, 3.05) is 18.0 Å². The Balaban J connectivity index is 1.48. The third-order valence-electron chi connectivity index (χ3n) is 6.30. The van der Waals surface area contributed by atoms with Gasteiger partial charge in [-0.05, 0) is 49.9 Å². The Morgan fingerprint density at radius 2 is 1.64 bits per heavy atom. The second-order valence-electron chi connectivity index (χ2n) is 8.52. The van der Waals surface area contributed by atoms with Crippen LogP contribution in [-0.4, -0.2) is 42.5 Å². The van der Waals surface area contributed by atoms with Gasteiger partial charge in [0, 0.05) is 54.9 Å². The minimum atomic E-state index is 0.795. The van der Waals surface area contributed by atoms with Gasteiger partial charge in [0.25, 0.3) is 0 Å². The van der Waals surface area contributed by atoms with Crippen LogP contribution in [0, 0.1) is 6.92 Å². The zero-order valence-corrected chi connectivity index (χ0v) is 18.6. The molecular weight excluding hydrogens is 410 g/mol. The van der Waals surface area contributed by atoms with Crippen LogP contribution in [0.3, 0.4) is 0 Å². The maximum absolute atomic E-state index is 4.94. The molecule has 0 atom stereocenters. The summed E-state index contributed by atoms with van der Waals surface area (Å²) in [5.41, 5.74) is 6.02. The maximum Gasteiger partial charge on any atom is 0.160 e. The van der Waals surface area contributed by atoms with E-state index in [1.807, 2.05) is 45.7 Å². The predicted octanol–water partition coefficient (Wildman–Crippen LogP) is 4.94. The van der Waals surface area contributed by atoms with Crippen LogP contribution in [0.4, 0.5) is 5.82 Å². The molecule has 0 radical (unpaired) electrons. The summed E-state index contributed by atoms with van der Waals surface area (Å²) >= 11 is 0. The molecule has 0 amide bonds. The smallest absolute Gasteiger partial charge is 0.160 e. The highest BCUT2D eigenvalue weighted by molar-refractivity contribution is 5.67. The Bertz CT molecular complexity index is 1410. The van der Waals surface area contributed by atoms with Gasteiger partial charge in [0.05, 0.1) is 11.4 Å². The fraction of sp³-hybridized carbons (Fsp3) is 0.231. The zero-order valence-electron chi connectivity index (χ0n) is 18.6. The molecule has 7 heteroatoms. The first-order valence-electron chi connectivity index (χ1n) is 11.4. The molecular formula is C26H25N7. The number of benzene rings is 1. The molecule has 1 fully saturated rings.